The summed E-state index contributed by atoms with van der Waals surface area (Å²) in [6, 6.07) is 9.34. The van der Waals surface area contributed by atoms with E-state index < -0.39 is 5.63 Å². The minimum absolute atomic E-state index is 0.0894. The van der Waals surface area contributed by atoms with Gasteiger partial charge in [0.05, 0.1) is 29.1 Å². The molecule has 26 heavy (non-hydrogen) atoms. The lowest BCUT2D eigenvalue weighted by molar-refractivity contribution is -0.119. The lowest BCUT2D eigenvalue weighted by atomic mass is 10.1. The van der Waals surface area contributed by atoms with E-state index in [9.17, 15) is 9.59 Å². The number of hydrogen-bond donors (Lipinski definition) is 1. The SMILES string of the molecule is CC(=O)NCn1cc(-c2ccc(N3C=C(C#N)CC(C)=N3)cc2)c(=O)o1. The zero-order valence-electron chi connectivity index (χ0n) is 14.4. The van der Waals surface area contributed by atoms with E-state index in [4.69, 9.17) is 9.78 Å². The minimum atomic E-state index is -0.485. The molecule has 8 heteroatoms. The molecular formula is C18H17N5O3. The third-order valence-electron chi connectivity index (χ3n) is 3.77. The van der Waals surface area contributed by atoms with Gasteiger partial charge in [0.2, 0.25) is 5.91 Å². The fourth-order valence-corrected chi connectivity index (χ4v) is 2.55. The summed E-state index contributed by atoms with van der Waals surface area (Å²) < 4.78 is 6.35. The van der Waals surface area contributed by atoms with Gasteiger partial charge in [-0.15, -0.1) is 0 Å². The highest BCUT2D eigenvalue weighted by Gasteiger charge is 2.14. The Morgan fingerprint density at radius 1 is 1.38 bits per heavy atom. The average Bonchev–Trinajstić information content (AvgIpc) is 3.00. The quantitative estimate of drug-likeness (QED) is 0.909. The van der Waals surface area contributed by atoms with Crippen LogP contribution in [0.15, 0.2) is 56.7 Å². The van der Waals surface area contributed by atoms with Crippen LogP contribution in [0, 0.1) is 11.3 Å². The van der Waals surface area contributed by atoms with Gasteiger partial charge in [-0.25, -0.2) is 9.80 Å². The van der Waals surface area contributed by atoms with Gasteiger partial charge in [0.1, 0.15) is 6.67 Å². The first-order valence-electron chi connectivity index (χ1n) is 7.96. The third-order valence-corrected chi connectivity index (χ3v) is 3.77. The number of nitriles is 1. The Bertz CT molecular complexity index is 989. The normalized spacial score (nSPS) is 13.7. The van der Waals surface area contributed by atoms with Crippen LogP contribution in [0.3, 0.4) is 0 Å². The summed E-state index contributed by atoms with van der Waals surface area (Å²) in [6.07, 6.45) is 3.79. The van der Waals surface area contributed by atoms with Crippen molar-refractivity contribution < 1.29 is 9.32 Å². The zero-order chi connectivity index (χ0) is 18.7. The Morgan fingerprint density at radius 2 is 2.12 bits per heavy atom. The van der Waals surface area contributed by atoms with Crippen LogP contribution in [-0.2, 0) is 11.5 Å². The molecule has 1 aromatic heterocycles. The topological polar surface area (TPSA) is 104 Å². The van der Waals surface area contributed by atoms with Gasteiger partial charge in [-0.2, -0.15) is 15.1 Å². The number of allylic oxidation sites excluding steroid dienone is 1. The van der Waals surface area contributed by atoms with E-state index in [1.807, 2.05) is 19.1 Å². The average molecular weight is 351 g/mol. The number of nitrogens with one attached hydrogen (secondary N) is 1. The highest BCUT2D eigenvalue weighted by Crippen LogP contribution is 2.24. The first-order chi connectivity index (χ1) is 12.5. The Kier molecular flexibility index (Phi) is 4.71. The van der Waals surface area contributed by atoms with Gasteiger partial charge >= 0.3 is 5.63 Å². The maximum absolute atomic E-state index is 12.0. The molecule has 1 aromatic carbocycles. The summed E-state index contributed by atoms with van der Waals surface area (Å²) in [7, 11) is 0. The van der Waals surface area contributed by atoms with Crippen LogP contribution < -0.4 is 16.0 Å². The highest BCUT2D eigenvalue weighted by molar-refractivity contribution is 5.87. The number of amides is 1. The Hall–Kier alpha value is -3.60. The molecule has 0 aliphatic carbocycles. The molecule has 0 fully saturated rings. The van der Waals surface area contributed by atoms with Crippen molar-refractivity contribution in [2.24, 2.45) is 5.10 Å². The van der Waals surface area contributed by atoms with Crippen molar-refractivity contribution in [3.63, 3.8) is 0 Å². The summed E-state index contributed by atoms with van der Waals surface area (Å²) in [4.78, 5) is 23.0. The number of carbonyl (C=O) groups is 1. The number of aromatic nitrogens is 1. The molecular weight excluding hydrogens is 334 g/mol. The van der Waals surface area contributed by atoms with E-state index in [0.29, 0.717) is 23.1 Å². The van der Waals surface area contributed by atoms with Crippen LogP contribution >= 0.6 is 0 Å². The Labute approximate surface area is 149 Å². The molecule has 3 rings (SSSR count). The van der Waals surface area contributed by atoms with Crippen LogP contribution in [0.1, 0.15) is 20.3 Å². The van der Waals surface area contributed by atoms with Gasteiger partial charge in [-0.1, -0.05) is 12.1 Å². The maximum Gasteiger partial charge on any atom is 0.365 e. The molecule has 0 saturated heterocycles. The van der Waals surface area contributed by atoms with E-state index in [-0.39, 0.29) is 12.6 Å². The van der Waals surface area contributed by atoms with Crippen LogP contribution in [0.25, 0.3) is 11.1 Å². The Morgan fingerprint density at radius 3 is 2.77 bits per heavy atom. The third kappa shape index (κ3) is 3.72. The fraction of sp³-hybridized carbons (Fsp3) is 0.222. The highest BCUT2D eigenvalue weighted by atomic mass is 16.5. The van der Waals surface area contributed by atoms with Crippen LogP contribution in [0.5, 0.6) is 0 Å². The zero-order valence-corrected chi connectivity index (χ0v) is 14.4. The van der Waals surface area contributed by atoms with Gasteiger partial charge in [-0.3, -0.25) is 4.79 Å². The number of nitrogens with zero attached hydrogens (tertiary/aromatic N) is 4. The second-order valence-corrected chi connectivity index (χ2v) is 5.90. The largest absolute Gasteiger partial charge is 0.365 e. The van der Waals surface area contributed by atoms with Gasteiger partial charge in [0.15, 0.2) is 0 Å². The molecule has 0 spiro atoms. The molecule has 2 aromatic rings. The second-order valence-electron chi connectivity index (χ2n) is 5.90. The number of hydrazone groups is 1. The van der Waals surface area contributed by atoms with E-state index in [0.717, 1.165) is 11.4 Å². The summed E-state index contributed by atoms with van der Waals surface area (Å²) in [5.74, 6) is -0.213. The number of hydrogen-bond acceptors (Lipinski definition) is 6. The van der Waals surface area contributed by atoms with Crippen LogP contribution in [0.2, 0.25) is 0 Å². The summed E-state index contributed by atoms with van der Waals surface area (Å²) in [5.41, 5.74) is 2.87. The van der Waals surface area contributed by atoms with Crippen LogP contribution in [-0.4, -0.2) is 16.4 Å². The standard InChI is InChI=1S/C18H17N5O3/c1-12-7-14(8-19)9-23(21-12)16-5-3-15(4-6-16)17-10-22(26-18(17)25)11-20-13(2)24/h3-6,9-10H,7,11H2,1-2H3,(H,20,24). The summed E-state index contributed by atoms with van der Waals surface area (Å²) in [6.45, 7) is 3.35. The van der Waals surface area contributed by atoms with Crippen molar-refractivity contribution in [1.82, 2.24) is 10.1 Å². The van der Waals surface area contributed by atoms with E-state index in [1.165, 1.54) is 11.7 Å². The molecule has 1 aliphatic rings. The number of rotatable bonds is 4. The number of benzene rings is 1. The molecule has 0 saturated carbocycles. The van der Waals surface area contributed by atoms with Crippen molar-refractivity contribution in [3.05, 3.63) is 52.7 Å². The van der Waals surface area contributed by atoms with E-state index in [1.54, 1.807) is 29.5 Å². The molecule has 1 aliphatic heterocycles. The molecule has 0 atom stereocenters. The van der Waals surface area contributed by atoms with Gasteiger partial charge in [-0.05, 0) is 24.6 Å². The Balaban J connectivity index is 1.83. The maximum atomic E-state index is 12.0. The van der Waals surface area contributed by atoms with Crippen molar-refractivity contribution in [2.75, 3.05) is 5.01 Å². The molecule has 0 radical (unpaired) electrons. The van der Waals surface area contributed by atoms with Crippen molar-refractivity contribution in [3.8, 4) is 17.2 Å². The molecule has 0 unspecified atom stereocenters. The lowest BCUT2D eigenvalue weighted by Gasteiger charge is -2.20. The monoisotopic (exact) mass is 351 g/mol. The molecule has 1 amide bonds. The van der Waals surface area contributed by atoms with Crippen molar-refractivity contribution >= 4 is 17.3 Å². The predicted octanol–water partition coefficient (Wildman–Crippen LogP) is 2.20. The van der Waals surface area contributed by atoms with Crippen LogP contribution in [0.4, 0.5) is 5.69 Å². The number of anilines is 1. The molecule has 0 bridgehead atoms. The summed E-state index contributed by atoms with van der Waals surface area (Å²) >= 11 is 0. The van der Waals surface area contributed by atoms with Crippen molar-refractivity contribution in [1.29, 1.82) is 5.26 Å². The molecule has 132 valence electrons. The smallest absolute Gasteiger partial charge is 0.336 e. The minimum Gasteiger partial charge on any atom is -0.336 e. The molecule has 1 N–H and O–H groups in total. The predicted molar refractivity (Wildman–Crippen MR) is 96.1 cm³/mol. The van der Waals surface area contributed by atoms with Gasteiger partial charge in [0, 0.05) is 25.3 Å². The summed E-state index contributed by atoms with van der Waals surface area (Å²) in [5, 5.41) is 17.7. The lowest BCUT2D eigenvalue weighted by Crippen LogP contribution is -2.22. The van der Waals surface area contributed by atoms with E-state index >= 15 is 0 Å². The first kappa shape index (κ1) is 17.2. The molecule has 8 nitrogen and oxygen atoms in total. The molecule has 2 heterocycles. The van der Waals surface area contributed by atoms with Crippen molar-refractivity contribution in [2.45, 2.75) is 26.9 Å². The van der Waals surface area contributed by atoms with E-state index in [2.05, 4.69) is 16.5 Å². The van der Waals surface area contributed by atoms with Gasteiger partial charge in [0.25, 0.3) is 0 Å². The van der Waals surface area contributed by atoms with Gasteiger partial charge < -0.3 is 9.84 Å². The number of carbonyl (C=O) groups excluding carboxylic acids is 1. The second kappa shape index (κ2) is 7.11. The first-order valence-corrected chi connectivity index (χ1v) is 7.96. The fourth-order valence-electron chi connectivity index (χ4n) is 2.55.